The van der Waals surface area contributed by atoms with Gasteiger partial charge in [0.25, 0.3) is 0 Å². The van der Waals surface area contributed by atoms with E-state index < -0.39 is 0 Å². The molecule has 1 aromatic heterocycles. The summed E-state index contributed by atoms with van der Waals surface area (Å²) in [5.41, 5.74) is 2.32. The second kappa shape index (κ2) is 6.17. The van der Waals surface area contributed by atoms with Crippen LogP contribution in [0.2, 0.25) is 0 Å². The Kier molecular flexibility index (Phi) is 4.57. The van der Waals surface area contributed by atoms with E-state index in [1.54, 1.807) is 0 Å². The molecular formula is C13H23N3O. The fourth-order valence-electron chi connectivity index (χ4n) is 2.27. The van der Waals surface area contributed by atoms with Crippen molar-refractivity contribution >= 4 is 0 Å². The molecule has 1 aliphatic rings. The molecule has 17 heavy (non-hydrogen) atoms. The van der Waals surface area contributed by atoms with Crippen LogP contribution in [0.5, 0.6) is 0 Å². The minimum absolute atomic E-state index is 0.684. The zero-order chi connectivity index (χ0) is 12.1. The van der Waals surface area contributed by atoms with Crippen LogP contribution in [-0.4, -0.2) is 29.5 Å². The molecule has 2 heterocycles. The monoisotopic (exact) mass is 237 g/mol. The second-order valence-corrected chi connectivity index (χ2v) is 4.80. The number of ether oxygens (including phenoxy) is 1. The largest absolute Gasteiger partial charge is 0.375 e. The lowest BCUT2D eigenvalue weighted by Crippen LogP contribution is -2.11. The number of hydrogen-bond acceptors (Lipinski definition) is 3. The molecule has 1 saturated heterocycles. The van der Waals surface area contributed by atoms with E-state index in [1.165, 1.54) is 25.1 Å². The summed E-state index contributed by atoms with van der Waals surface area (Å²) >= 11 is 0. The first-order valence-electron chi connectivity index (χ1n) is 6.60. The van der Waals surface area contributed by atoms with Crippen molar-refractivity contribution in [2.45, 2.75) is 32.8 Å². The average molecular weight is 237 g/mol. The summed E-state index contributed by atoms with van der Waals surface area (Å²) in [5, 5.41) is 7.79. The molecule has 1 aromatic rings. The van der Waals surface area contributed by atoms with Gasteiger partial charge in [0.15, 0.2) is 0 Å². The molecule has 0 saturated carbocycles. The summed E-state index contributed by atoms with van der Waals surface area (Å²) in [5.74, 6) is 0.813. The Labute approximate surface area is 103 Å². The molecule has 4 heteroatoms. The first-order valence-corrected chi connectivity index (χ1v) is 6.60. The third-order valence-corrected chi connectivity index (χ3v) is 3.47. The fourth-order valence-corrected chi connectivity index (χ4v) is 2.27. The van der Waals surface area contributed by atoms with Gasteiger partial charge in [-0.3, -0.25) is 4.68 Å². The Hall–Kier alpha value is -0.870. The second-order valence-electron chi connectivity index (χ2n) is 4.80. The molecule has 0 aromatic carbocycles. The Morgan fingerprint density at radius 2 is 2.47 bits per heavy atom. The Morgan fingerprint density at radius 1 is 1.59 bits per heavy atom. The molecule has 1 fully saturated rings. The summed E-state index contributed by atoms with van der Waals surface area (Å²) in [6.45, 7) is 6.00. The Bertz CT molecular complexity index is 342. The topological polar surface area (TPSA) is 39.1 Å². The minimum atomic E-state index is 0.684. The lowest BCUT2D eigenvalue weighted by Gasteiger charge is -2.08. The van der Waals surface area contributed by atoms with E-state index in [0.29, 0.717) is 6.61 Å². The fraction of sp³-hybridized carbons (Fsp3) is 0.769. The van der Waals surface area contributed by atoms with Crippen molar-refractivity contribution < 1.29 is 4.74 Å². The maximum absolute atomic E-state index is 5.73. The first kappa shape index (κ1) is 12.6. The number of rotatable bonds is 6. The van der Waals surface area contributed by atoms with E-state index in [2.05, 4.69) is 23.4 Å². The summed E-state index contributed by atoms with van der Waals surface area (Å²) in [6.07, 6.45) is 3.46. The molecule has 0 aliphatic carbocycles. The maximum atomic E-state index is 5.73. The van der Waals surface area contributed by atoms with Gasteiger partial charge in [0, 0.05) is 13.7 Å². The van der Waals surface area contributed by atoms with E-state index in [9.17, 15) is 0 Å². The highest BCUT2D eigenvalue weighted by Gasteiger charge is 2.13. The van der Waals surface area contributed by atoms with Gasteiger partial charge in [-0.2, -0.15) is 5.10 Å². The van der Waals surface area contributed by atoms with E-state index >= 15 is 0 Å². The van der Waals surface area contributed by atoms with Gasteiger partial charge in [0.1, 0.15) is 0 Å². The molecule has 2 rings (SSSR count). The molecular weight excluding hydrogens is 214 g/mol. The van der Waals surface area contributed by atoms with E-state index in [-0.39, 0.29) is 0 Å². The van der Waals surface area contributed by atoms with Crippen molar-refractivity contribution in [3.05, 3.63) is 17.5 Å². The van der Waals surface area contributed by atoms with E-state index in [0.717, 1.165) is 31.2 Å². The normalized spacial score (nSPS) is 20.0. The van der Waals surface area contributed by atoms with Gasteiger partial charge in [-0.25, -0.2) is 0 Å². The van der Waals surface area contributed by atoms with Crippen molar-refractivity contribution in [2.75, 3.05) is 19.7 Å². The highest BCUT2D eigenvalue weighted by molar-refractivity contribution is 5.09. The van der Waals surface area contributed by atoms with Gasteiger partial charge in [-0.15, -0.1) is 0 Å². The Balaban J connectivity index is 1.68. The van der Waals surface area contributed by atoms with Crippen LogP contribution in [0, 0.1) is 5.92 Å². The third kappa shape index (κ3) is 3.54. The van der Waals surface area contributed by atoms with Gasteiger partial charge < -0.3 is 10.1 Å². The Morgan fingerprint density at radius 3 is 3.12 bits per heavy atom. The highest BCUT2D eigenvalue weighted by Crippen LogP contribution is 2.12. The molecule has 96 valence electrons. The van der Waals surface area contributed by atoms with Crippen molar-refractivity contribution in [3.8, 4) is 0 Å². The molecule has 4 nitrogen and oxygen atoms in total. The summed E-state index contributed by atoms with van der Waals surface area (Å²) in [7, 11) is 1.98. The molecule has 1 unspecified atom stereocenters. The predicted octanol–water partition coefficient (Wildman–Crippen LogP) is 1.50. The van der Waals surface area contributed by atoms with Crippen LogP contribution >= 0.6 is 0 Å². The van der Waals surface area contributed by atoms with Gasteiger partial charge in [0.2, 0.25) is 0 Å². The van der Waals surface area contributed by atoms with Gasteiger partial charge in [0.05, 0.1) is 18.0 Å². The number of nitrogens with zero attached hydrogens (tertiary/aromatic N) is 2. The highest BCUT2D eigenvalue weighted by atomic mass is 16.5. The van der Waals surface area contributed by atoms with E-state index in [1.807, 2.05) is 11.7 Å². The molecule has 0 radical (unpaired) electrons. The smallest absolute Gasteiger partial charge is 0.0884 e. The van der Waals surface area contributed by atoms with Crippen LogP contribution in [0.15, 0.2) is 6.07 Å². The van der Waals surface area contributed by atoms with Crippen molar-refractivity contribution in [1.82, 2.24) is 15.1 Å². The van der Waals surface area contributed by atoms with Crippen molar-refractivity contribution in [3.63, 3.8) is 0 Å². The molecule has 0 bridgehead atoms. The van der Waals surface area contributed by atoms with Crippen LogP contribution in [0.4, 0.5) is 0 Å². The van der Waals surface area contributed by atoms with Gasteiger partial charge in [-0.1, -0.05) is 6.92 Å². The number of aryl methyl sites for hydroxylation is 2. The van der Waals surface area contributed by atoms with Gasteiger partial charge >= 0.3 is 0 Å². The van der Waals surface area contributed by atoms with Crippen LogP contribution in [0.25, 0.3) is 0 Å². The van der Waals surface area contributed by atoms with Crippen molar-refractivity contribution in [1.29, 1.82) is 0 Å². The molecule has 0 spiro atoms. The van der Waals surface area contributed by atoms with Gasteiger partial charge in [-0.05, 0) is 44.3 Å². The maximum Gasteiger partial charge on any atom is 0.0884 e. The summed E-state index contributed by atoms with van der Waals surface area (Å²) < 4.78 is 7.66. The third-order valence-electron chi connectivity index (χ3n) is 3.47. The summed E-state index contributed by atoms with van der Waals surface area (Å²) in [4.78, 5) is 0. The minimum Gasteiger partial charge on any atom is -0.375 e. The molecule has 1 N–H and O–H groups in total. The SMILES string of the molecule is CCc1cc(COCCC2CCNC2)n(C)n1. The number of aromatic nitrogens is 2. The molecule has 0 amide bonds. The standard InChI is InChI=1S/C13H23N3O/c1-3-12-8-13(16(2)15-12)10-17-7-5-11-4-6-14-9-11/h8,11,14H,3-7,9-10H2,1-2H3. The van der Waals surface area contributed by atoms with Crippen LogP contribution in [-0.2, 0) is 24.8 Å². The number of nitrogens with one attached hydrogen (secondary N) is 1. The predicted molar refractivity (Wildman–Crippen MR) is 67.8 cm³/mol. The van der Waals surface area contributed by atoms with Crippen molar-refractivity contribution in [2.24, 2.45) is 13.0 Å². The quantitative estimate of drug-likeness (QED) is 0.762. The zero-order valence-corrected chi connectivity index (χ0v) is 10.9. The number of hydrogen-bond donors (Lipinski definition) is 1. The van der Waals surface area contributed by atoms with E-state index in [4.69, 9.17) is 4.74 Å². The average Bonchev–Trinajstić information content (AvgIpc) is 2.94. The molecule has 1 aliphatic heterocycles. The lowest BCUT2D eigenvalue weighted by atomic mass is 10.1. The lowest BCUT2D eigenvalue weighted by molar-refractivity contribution is 0.104. The van der Waals surface area contributed by atoms with Crippen LogP contribution < -0.4 is 5.32 Å². The summed E-state index contributed by atoms with van der Waals surface area (Å²) in [6, 6.07) is 2.14. The van der Waals surface area contributed by atoms with Crippen LogP contribution in [0.1, 0.15) is 31.2 Å². The molecule has 1 atom stereocenters. The van der Waals surface area contributed by atoms with Crippen LogP contribution in [0.3, 0.4) is 0 Å². The first-order chi connectivity index (χ1) is 8.29. The zero-order valence-electron chi connectivity index (χ0n) is 10.9.